The fraction of sp³-hybridized carbons (Fsp3) is 0.333. The Balaban J connectivity index is 2.47. The van der Waals surface area contributed by atoms with Crippen molar-refractivity contribution in [3.63, 3.8) is 0 Å². The minimum Gasteiger partial charge on any atom is -0.457 e. The molecule has 0 unspecified atom stereocenters. The van der Waals surface area contributed by atoms with Gasteiger partial charge in [-0.15, -0.1) is 0 Å². The normalized spacial score (nSPS) is 13.0. The van der Waals surface area contributed by atoms with Crippen molar-refractivity contribution < 1.29 is 9.13 Å². The van der Waals surface area contributed by atoms with Crippen LogP contribution in [0, 0.1) is 5.82 Å². The molecule has 2 aromatic rings. The zero-order chi connectivity index (χ0) is 15.6. The molecule has 21 heavy (non-hydrogen) atoms. The lowest BCUT2D eigenvalue weighted by Gasteiger charge is -2.23. The molecule has 2 N–H and O–H groups in total. The number of rotatable bonds is 3. The molecule has 0 bridgehead atoms. The number of ether oxygens (including phenoxy) is 1. The SMILES string of the molecule is C[C@@H](N)c1c(F)cccc1Oc1ccccc1C(C)(C)C. The molecule has 2 aromatic carbocycles. The Kier molecular flexibility index (Phi) is 4.33. The van der Waals surface area contributed by atoms with Gasteiger partial charge in [-0.3, -0.25) is 0 Å². The van der Waals surface area contributed by atoms with Crippen molar-refractivity contribution in [3.05, 3.63) is 59.4 Å². The van der Waals surface area contributed by atoms with Gasteiger partial charge in [0.25, 0.3) is 0 Å². The summed E-state index contributed by atoms with van der Waals surface area (Å²) in [4.78, 5) is 0. The topological polar surface area (TPSA) is 35.2 Å². The fourth-order valence-electron chi connectivity index (χ4n) is 2.34. The van der Waals surface area contributed by atoms with Crippen molar-refractivity contribution in [2.45, 2.75) is 39.2 Å². The van der Waals surface area contributed by atoms with Gasteiger partial charge in [0.2, 0.25) is 0 Å². The number of nitrogens with two attached hydrogens (primary N) is 1. The summed E-state index contributed by atoms with van der Waals surface area (Å²) in [6.45, 7) is 8.11. The molecule has 1 atom stereocenters. The lowest BCUT2D eigenvalue weighted by atomic mass is 9.86. The van der Waals surface area contributed by atoms with Gasteiger partial charge in [0.05, 0.1) is 0 Å². The molecule has 2 nitrogen and oxygen atoms in total. The standard InChI is InChI=1S/C18H22FNO/c1-12(20)17-14(19)9-7-11-16(17)21-15-10-6-5-8-13(15)18(2,3)4/h5-12H,20H2,1-4H3/t12-/m1/s1. The second-order valence-electron chi connectivity index (χ2n) is 6.29. The van der Waals surface area contributed by atoms with Crippen LogP contribution in [0.4, 0.5) is 4.39 Å². The van der Waals surface area contributed by atoms with Gasteiger partial charge in [0, 0.05) is 17.2 Å². The summed E-state index contributed by atoms with van der Waals surface area (Å²) in [5.74, 6) is 0.870. The summed E-state index contributed by atoms with van der Waals surface area (Å²) < 4.78 is 20.0. The Hall–Kier alpha value is -1.87. The molecule has 112 valence electrons. The molecule has 0 saturated carbocycles. The second kappa shape index (κ2) is 5.86. The average molecular weight is 287 g/mol. The third-order valence-electron chi connectivity index (χ3n) is 3.38. The highest BCUT2D eigenvalue weighted by molar-refractivity contribution is 5.45. The predicted molar refractivity (Wildman–Crippen MR) is 84.2 cm³/mol. The molecule has 3 heteroatoms. The molecule has 0 amide bonds. The van der Waals surface area contributed by atoms with Crippen LogP contribution in [0.3, 0.4) is 0 Å². The Morgan fingerprint density at radius 2 is 1.62 bits per heavy atom. The maximum Gasteiger partial charge on any atom is 0.135 e. The highest BCUT2D eigenvalue weighted by Crippen LogP contribution is 2.36. The smallest absolute Gasteiger partial charge is 0.135 e. The van der Waals surface area contributed by atoms with E-state index in [4.69, 9.17) is 10.5 Å². The van der Waals surface area contributed by atoms with E-state index >= 15 is 0 Å². The molecule has 0 heterocycles. The summed E-state index contributed by atoms with van der Waals surface area (Å²) in [5, 5.41) is 0. The van der Waals surface area contributed by atoms with E-state index in [1.165, 1.54) is 6.07 Å². The third kappa shape index (κ3) is 3.42. The van der Waals surface area contributed by atoms with Gasteiger partial charge in [0.1, 0.15) is 17.3 Å². The minimum atomic E-state index is -0.428. The molecule has 0 radical (unpaired) electrons. The van der Waals surface area contributed by atoms with Crippen LogP contribution in [-0.2, 0) is 5.41 Å². The summed E-state index contributed by atoms with van der Waals surface area (Å²) in [6, 6.07) is 12.2. The second-order valence-corrected chi connectivity index (χ2v) is 6.29. The molecule has 0 aliphatic rings. The Labute approximate surface area is 125 Å². The van der Waals surface area contributed by atoms with Crippen LogP contribution in [0.25, 0.3) is 0 Å². The quantitative estimate of drug-likeness (QED) is 0.868. The van der Waals surface area contributed by atoms with Crippen molar-refractivity contribution in [2.24, 2.45) is 5.73 Å². The summed E-state index contributed by atoms with van der Waals surface area (Å²) in [6.07, 6.45) is 0. The minimum absolute atomic E-state index is 0.0571. The van der Waals surface area contributed by atoms with E-state index in [2.05, 4.69) is 20.8 Å². The van der Waals surface area contributed by atoms with Crippen LogP contribution in [0.15, 0.2) is 42.5 Å². The Bertz CT molecular complexity index is 629. The highest BCUT2D eigenvalue weighted by atomic mass is 19.1. The number of benzene rings is 2. The fourth-order valence-corrected chi connectivity index (χ4v) is 2.34. The first-order valence-corrected chi connectivity index (χ1v) is 7.12. The van der Waals surface area contributed by atoms with E-state index in [1.807, 2.05) is 24.3 Å². The van der Waals surface area contributed by atoms with Gasteiger partial charge in [-0.25, -0.2) is 4.39 Å². The largest absolute Gasteiger partial charge is 0.457 e. The van der Waals surface area contributed by atoms with Crippen molar-refractivity contribution >= 4 is 0 Å². The first-order chi connectivity index (χ1) is 9.80. The van der Waals surface area contributed by atoms with Gasteiger partial charge < -0.3 is 10.5 Å². The van der Waals surface area contributed by atoms with Gasteiger partial charge in [-0.2, -0.15) is 0 Å². The van der Waals surface area contributed by atoms with Crippen molar-refractivity contribution in [3.8, 4) is 11.5 Å². The highest BCUT2D eigenvalue weighted by Gasteiger charge is 2.20. The zero-order valence-electron chi connectivity index (χ0n) is 13.0. The molecule has 0 saturated heterocycles. The van der Waals surface area contributed by atoms with Crippen LogP contribution in [0.2, 0.25) is 0 Å². The van der Waals surface area contributed by atoms with Crippen LogP contribution in [-0.4, -0.2) is 0 Å². The van der Waals surface area contributed by atoms with Crippen molar-refractivity contribution in [1.82, 2.24) is 0 Å². The van der Waals surface area contributed by atoms with Crippen LogP contribution >= 0.6 is 0 Å². The molecule has 2 rings (SSSR count). The van der Waals surface area contributed by atoms with E-state index in [0.29, 0.717) is 11.3 Å². The number of halogens is 1. The molecule has 0 fully saturated rings. The average Bonchev–Trinajstić information content (AvgIpc) is 2.37. The van der Waals surface area contributed by atoms with E-state index in [1.54, 1.807) is 19.1 Å². The van der Waals surface area contributed by atoms with Gasteiger partial charge in [-0.1, -0.05) is 45.0 Å². The molecular formula is C18H22FNO. The monoisotopic (exact) mass is 287 g/mol. The predicted octanol–water partition coefficient (Wildman–Crippen LogP) is 4.94. The molecule has 0 aliphatic carbocycles. The maximum absolute atomic E-state index is 14.0. The first kappa shape index (κ1) is 15.5. The van der Waals surface area contributed by atoms with Crippen LogP contribution in [0.1, 0.15) is 44.9 Å². The lowest BCUT2D eigenvalue weighted by Crippen LogP contribution is -2.13. The van der Waals surface area contributed by atoms with Crippen LogP contribution in [0.5, 0.6) is 11.5 Å². The first-order valence-electron chi connectivity index (χ1n) is 7.12. The van der Waals surface area contributed by atoms with E-state index in [0.717, 1.165) is 11.3 Å². The van der Waals surface area contributed by atoms with E-state index in [9.17, 15) is 4.39 Å². The van der Waals surface area contributed by atoms with Gasteiger partial charge >= 0.3 is 0 Å². The zero-order valence-corrected chi connectivity index (χ0v) is 13.0. The van der Waals surface area contributed by atoms with Crippen LogP contribution < -0.4 is 10.5 Å². The maximum atomic E-state index is 14.0. The summed E-state index contributed by atoms with van der Waals surface area (Å²) in [7, 11) is 0. The van der Waals surface area contributed by atoms with Crippen molar-refractivity contribution in [1.29, 1.82) is 0 Å². The van der Waals surface area contributed by atoms with E-state index < -0.39 is 6.04 Å². The van der Waals surface area contributed by atoms with E-state index in [-0.39, 0.29) is 11.2 Å². The molecule has 0 aromatic heterocycles. The summed E-state index contributed by atoms with van der Waals surface area (Å²) >= 11 is 0. The molecule has 0 aliphatic heterocycles. The number of para-hydroxylation sites is 1. The lowest BCUT2D eigenvalue weighted by molar-refractivity contribution is 0.440. The van der Waals surface area contributed by atoms with Gasteiger partial charge in [0.15, 0.2) is 0 Å². The summed E-state index contributed by atoms with van der Waals surface area (Å²) in [5.41, 5.74) is 7.29. The number of hydrogen-bond acceptors (Lipinski definition) is 2. The van der Waals surface area contributed by atoms with Crippen molar-refractivity contribution in [2.75, 3.05) is 0 Å². The number of hydrogen-bond donors (Lipinski definition) is 1. The molecule has 0 spiro atoms. The van der Waals surface area contributed by atoms with Gasteiger partial charge in [-0.05, 0) is 30.5 Å². The Morgan fingerprint density at radius 1 is 1.00 bits per heavy atom. The third-order valence-corrected chi connectivity index (χ3v) is 3.38. The Morgan fingerprint density at radius 3 is 2.24 bits per heavy atom. The molecular weight excluding hydrogens is 265 g/mol.